The summed E-state index contributed by atoms with van der Waals surface area (Å²) in [6.07, 6.45) is 3.23. The third-order valence-electron chi connectivity index (χ3n) is 1.80. The predicted molar refractivity (Wildman–Crippen MR) is 56.6 cm³/mol. The summed E-state index contributed by atoms with van der Waals surface area (Å²) >= 11 is 10.9. The lowest BCUT2D eigenvalue weighted by molar-refractivity contribution is 0.756. The van der Waals surface area contributed by atoms with Gasteiger partial charge in [-0.25, -0.2) is 0 Å². The lowest BCUT2D eigenvalue weighted by Gasteiger charge is -1.97. The van der Waals surface area contributed by atoms with E-state index in [9.17, 15) is 0 Å². The van der Waals surface area contributed by atoms with Gasteiger partial charge in [0.15, 0.2) is 5.82 Å². The van der Waals surface area contributed by atoms with Gasteiger partial charge in [0, 0.05) is 25.0 Å². The molecule has 0 unspecified atom stereocenters. The van der Waals surface area contributed by atoms with Crippen molar-refractivity contribution in [1.29, 1.82) is 0 Å². The Hall–Kier alpha value is -1.20. The molecule has 0 aliphatic carbocycles. The average Bonchev–Trinajstić information content (AvgIpc) is 2.48. The molecule has 6 heteroatoms. The van der Waals surface area contributed by atoms with E-state index in [1.165, 1.54) is 0 Å². The van der Waals surface area contributed by atoms with Gasteiger partial charge in [-0.15, -0.1) is 0 Å². The van der Waals surface area contributed by atoms with Crippen LogP contribution in [0.1, 0.15) is 0 Å². The van der Waals surface area contributed by atoms with Gasteiger partial charge in [-0.1, -0.05) is 11.6 Å². The zero-order valence-electron chi connectivity index (χ0n) is 7.36. The maximum atomic E-state index is 5.95. The van der Waals surface area contributed by atoms with Crippen molar-refractivity contribution in [2.45, 2.75) is 0 Å². The molecular weight excluding hydrogens is 220 g/mol. The highest BCUT2D eigenvalue weighted by Gasteiger charge is 2.06. The molecule has 0 saturated heterocycles. The molecule has 0 spiro atoms. The zero-order valence-corrected chi connectivity index (χ0v) is 8.93. The van der Waals surface area contributed by atoms with E-state index >= 15 is 0 Å². The molecular formula is C8H7ClN4S. The number of hydrogen-bond acceptors (Lipinski definition) is 3. The molecule has 4 nitrogen and oxygen atoms in total. The van der Waals surface area contributed by atoms with Crippen LogP contribution in [0.15, 0.2) is 18.5 Å². The summed E-state index contributed by atoms with van der Waals surface area (Å²) < 4.78 is 2.15. The Balaban J connectivity index is 2.60. The first-order valence-corrected chi connectivity index (χ1v) is 4.70. The van der Waals surface area contributed by atoms with Crippen LogP contribution in [-0.4, -0.2) is 19.7 Å². The fourth-order valence-electron chi connectivity index (χ4n) is 1.09. The van der Waals surface area contributed by atoms with E-state index in [2.05, 4.69) is 15.1 Å². The molecule has 2 aromatic heterocycles. The second-order valence-corrected chi connectivity index (χ2v) is 3.54. The highest BCUT2D eigenvalue weighted by molar-refractivity contribution is 7.71. The van der Waals surface area contributed by atoms with Crippen LogP contribution in [0, 0.1) is 4.77 Å². The number of aryl methyl sites for hydroxylation is 1. The summed E-state index contributed by atoms with van der Waals surface area (Å²) in [7, 11) is 1.80. The molecule has 0 amide bonds. The number of nitrogens with one attached hydrogen (secondary N) is 1. The molecule has 0 radical (unpaired) electrons. The third-order valence-corrected chi connectivity index (χ3v) is 2.46. The Morgan fingerprint density at radius 1 is 1.57 bits per heavy atom. The Morgan fingerprint density at radius 2 is 2.36 bits per heavy atom. The minimum Gasteiger partial charge on any atom is -0.279 e. The molecule has 0 bridgehead atoms. The van der Waals surface area contributed by atoms with Crippen LogP contribution in [0.25, 0.3) is 11.4 Å². The summed E-state index contributed by atoms with van der Waals surface area (Å²) in [6.45, 7) is 0. The maximum Gasteiger partial charge on any atom is 0.216 e. The molecule has 2 rings (SSSR count). The number of aromatic amines is 1. The average molecular weight is 227 g/mol. The maximum absolute atomic E-state index is 5.95. The number of rotatable bonds is 1. The number of nitrogens with zero attached hydrogens (tertiary/aromatic N) is 3. The van der Waals surface area contributed by atoms with E-state index in [4.69, 9.17) is 23.8 Å². The van der Waals surface area contributed by atoms with Crippen molar-refractivity contribution in [3.8, 4) is 11.4 Å². The van der Waals surface area contributed by atoms with Crippen molar-refractivity contribution in [1.82, 2.24) is 19.7 Å². The van der Waals surface area contributed by atoms with Crippen LogP contribution in [0.3, 0.4) is 0 Å². The third kappa shape index (κ3) is 1.56. The van der Waals surface area contributed by atoms with Crippen molar-refractivity contribution in [2.24, 2.45) is 7.05 Å². The van der Waals surface area contributed by atoms with Crippen LogP contribution in [0.4, 0.5) is 0 Å². The fraction of sp³-hybridized carbons (Fsp3) is 0.125. The number of pyridine rings is 1. The Morgan fingerprint density at radius 3 is 2.93 bits per heavy atom. The number of halogens is 1. The summed E-state index contributed by atoms with van der Waals surface area (Å²) in [5, 5.41) is 3.54. The minimum absolute atomic E-state index is 0.493. The summed E-state index contributed by atoms with van der Waals surface area (Å²) in [4.78, 5) is 8.04. The Kier molecular flexibility index (Phi) is 2.35. The topological polar surface area (TPSA) is 46.5 Å². The van der Waals surface area contributed by atoms with Crippen molar-refractivity contribution in [2.75, 3.05) is 0 Å². The van der Waals surface area contributed by atoms with Crippen molar-refractivity contribution in [3.63, 3.8) is 0 Å². The first kappa shape index (κ1) is 9.36. The minimum atomic E-state index is 0.493. The van der Waals surface area contributed by atoms with E-state index in [0.717, 1.165) is 5.56 Å². The molecule has 0 aliphatic heterocycles. The van der Waals surface area contributed by atoms with Gasteiger partial charge in [0.05, 0.1) is 5.02 Å². The second-order valence-electron chi connectivity index (χ2n) is 2.77. The molecule has 1 N–H and O–H groups in total. The standard InChI is InChI=1S/C8H7ClN4S/c1-13-8(14)11-7(12-13)5-2-3-10-4-6(5)9/h2-4H,1H3,(H,11,12,14). The van der Waals surface area contributed by atoms with Crippen LogP contribution in [0.5, 0.6) is 0 Å². The monoisotopic (exact) mass is 226 g/mol. The van der Waals surface area contributed by atoms with Crippen LogP contribution < -0.4 is 0 Å². The van der Waals surface area contributed by atoms with Gasteiger partial charge in [0.2, 0.25) is 4.77 Å². The van der Waals surface area contributed by atoms with E-state index in [-0.39, 0.29) is 0 Å². The van der Waals surface area contributed by atoms with E-state index in [1.807, 2.05) is 0 Å². The van der Waals surface area contributed by atoms with Gasteiger partial charge < -0.3 is 0 Å². The van der Waals surface area contributed by atoms with Gasteiger partial charge in [-0.2, -0.15) is 4.98 Å². The molecule has 2 aromatic rings. The van der Waals surface area contributed by atoms with Gasteiger partial charge in [-0.3, -0.25) is 14.8 Å². The smallest absolute Gasteiger partial charge is 0.216 e. The summed E-state index contributed by atoms with van der Waals surface area (Å²) in [5.74, 6) is 0.657. The SMILES string of the molecule is Cn1[nH]c(-c2ccncc2Cl)nc1=S. The fourth-order valence-corrected chi connectivity index (χ4v) is 1.44. The van der Waals surface area contributed by atoms with Gasteiger partial charge in [0.1, 0.15) is 0 Å². The number of hydrogen-bond donors (Lipinski definition) is 1. The first-order valence-electron chi connectivity index (χ1n) is 3.91. The van der Waals surface area contributed by atoms with Crippen molar-refractivity contribution < 1.29 is 0 Å². The molecule has 0 fully saturated rings. The summed E-state index contributed by atoms with van der Waals surface area (Å²) in [6, 6.07) is 1.79. The number of aromatic nitrogens is 4. The Labute approximate surface area is 90.6 Å². The van der Waals surface area contributed by atoms with E-state index in [1.54, 1.807) is 30.2 Å². The highest BCUT2D eigenvalue weighted by atomic mass is 35.5. The zero-order chi connectivity index (χ0) is 10.1. The molecule has 72 valence electrons. The quantitative estimate of drug-likeness (QED) is 0.759. The summed E-state index contributed by atoms with van der Waals surface area (Å²) in [5.41, 5.74) is 0.799. The molecule has 2 heterocycles. The Bertz CT molecular complexity index is 516. The van der Waals surface area contributed by atoms with Crippen LogP contribution in [0.2, 0.25) is 5.02 Å². The first-order chi connectivity index (χ1) is 6.68. The largest absolute Gasteiger partial charge is 0.279 e. The molecule has 0 atom stereocenters. The van der Waals surface area contributed by atoms with Crippen molar-refractivity contribution in [3.05, 3.63) is 28.3 Å². The lowest BCUT2D eigenvalue weighted by atomic mass is 10.2. The van der Waals surface area contributed by atoms with Crippen LogP contribution >= 0.6 is 23.8 Å². The van der Waals surface area contributed by atoms with Gasteiger partial charge in [-0.05, 0) is 18.3 Å². The van der Waals surface area contributed by atoms with E-state index in [0.29, 0.717) is 15.6 Å². The molecule has 14 heavy (non-hydrogen) atoms. The normalized spacial score (nSPS) is 10.4. The van der Waals surface area contributed by atoms with E-state index < -0.39 is 0 Å². The highest BCUT2D eigenvalue weighted by Crippen LogP contribution is 2.22. The predicted octanol–water partition coefficient (Wildman–Crippen LogP) is 2.19. The second kappa shape index (κ2) is 3.51. The van der Waals surface area contributed by atoms with Gasteiger partial charge >= 0.3 is 0 Å². The number of H-pyrrole nitrogens is 1. The van der Waals surface area contributed by atoms with Gasteiger partial charge in [0.25, 0.3) is 0 Å². The molecule has 0 aliphatic rings. The lowest BCUT2D eigenvalue weighted by Crippen LogP contribution is -1.89. The molecule has 0 aromatic carbocycles. The van der Waals surface area contributed by atoms with Crippen LogP contribution in [-0.2, 0) is 7.05 Å². The van der Waals surface area contributed by atoms with Crippen molar-refractivity contribution >= 4 is 23.8 Å². The molecule has 0 saturated carbocycles.